The summed E-state index contributed by atoms with van der Waals surface area (Å²) in [4.78, 5) is 0. The zero-order valence-electron chi connectivity index (χ0n) is 16.6. The Kier molecular flexibility index (Phi) is 8.51. The smallest absolute Gasteiger partial charge is 0.358 e. The highest BCUT2D eigenvalue weighted by molar-refractivity contribution is 7.54. The van der Waals surface area contributed by atoms with Crippen LogP contribution in [0.3, 0.4) is 0 Å². The Hall–Kier alpha value is -2.34. The van der Waals surface area contributed by atoms with Gasteiger partial charge in [0, 0.05) is 0 Å². The first kappa shape index (κ1) is 22.0. The predicted molar refractivity (Wildman–Crippen MR) is 110 cm³/mol. The lowest BCUT2D eigenvalue weighted by Crippen LogP contribution is -2.19. The van der Waals surface area contributed by atoms with Crippen LogP contribution in [0.1, 0.15) is 30.8 Å². The lowest BCUT2D eigenvalue weighted by Gasteiger charge is -2.26. The van der Waals surface area contributed by atoms with Gasteiger partial charge >= 0.3 is 7.60 Å². The molecule has 0 bridgehead atoms. The molecule has 2 rings (SSSR count). The average molecular weight is 406 g/mol. The predicted octanol–water partition coefficient (Wildman–Crippen LogP) is 4.59. The van der Waals surface area contributed by atoms with E-state index in [2.05, 4.69) is 10.5 Å². The average Bonchev–Trinajstić information content (AvgIpc) is 2.72. The van der Waals surface area contributed by atoms with Crippen molar-refractivity contribution >= 4 is 13.8 Å². The number of rotatable bonds is 11. The summed E-state index contributed by atoms with van der Waals surface area (Å²) in [5.41, 5.74) is 4.53. The van der Waals surface area contributed by atoms with Crippen molar-refractivity contribution in [2.24, 2.45) is 5.10 Å². The second-order valence-corrected chi connectivity index (χ2v) is 7.82. The number of nitrogens with zero attached hydrogens (tertiary/aromatic N) is 1. The molecule has 0 fully saturated rings. The molecule has 152 valence electrons. The van der Waals surface area contributed by atoms with Crippen molar-refractivity contribution in [1.82, 2.24) is 5.43 Å². The highest BCUT2D eigenvalue weighted by atomic mass is 31.2. The molecule has 0 aliphatic rings. The standard InChI is InChI=1S/C20H27N2O5P/c1-5-26-28(23,27-6-2)20(17-9-13-19(25-4)14-10-17)22-21-15-16-7-11-18(24-3)12-8-16/h7-15,20,22H,5-6H2,1-4H3/b21-15+. The maximum atomic E-state index is 13.4. The van der Waals surface area contributed by atoms with E-state index in [1.165, 1.54) is 0 Å². The van der Waals surface area contributed by atoms with Gasteiger partial charge in [-0.05, 0) is 61.4 Å². The summed E-state index contributed by atoms with van der Waals surface area (Å²) in [6, 6.07) is 14.6. The number of methoxy groups -OCH3 is 2. The minimum absolute atomic E-state index is 0.258. The van der Waals surface area contributed by atoms with Crippen LogP contribution >= 0.6 is 7.60 Å². The minimum atomic E-state index is -3.49. The first-order valence-corrected chi connectivity index (χ1v) is 10.6. The highest BCUT2D eigenvalue weighted by Gasteiger charge is 2.37. The van der Waals surface area contributed by atoms with Crippen LogP contribution in [0.4, 0.5) is 0 Å². The van der Waals surface area contributed by atoms with Gasteiger partial charge in [-0.25, -0.2) is 0 Å². The Labute approximate surface area is 166 Å². The molecule has 2 aromatic rings. The summed E-state index contributed by atoms with van der Waals surface area (Å²) < 4.78 is 34.8. The van der Waals surface area contributed by atoms with E-state index in [-0.39, 0.29) is 13.2 Å². The Bertz CT molecular complexity index is 783. The first-order valence-electron chi connectivity index (χ1n) is 9.01. The molecule has 1 atom stereocenters. The Morgan fingerprint density at radius 3 is 1.89 bits per heavy atom. The van der Waals surface area contributed by atoms with E-state index in [9.17, 15) is 4.57 Å². The van der Waals surface area contributed by atoms with Crippen molar-refractivity contribution in [2.45, 2.75) is 19.6 Å². The quantitative estimate of drug-likeness (QED) is 0.334. The Balaban J connectivity index is 2.27. The van der Waals surface area contributed by atoms with Gasteiger partial charge in [0.1, 0.15) is 11.5 Å². The topological polar surface area (TPSA) is 78.4 Å². The number of nitrogens with one attached hydrogen (secondary N) is 1. The van der Waals surface area contributed by atoms with E-state index in [0.29, 0.717) is 5.75 Å². The van der Waals surface area contributed by atoms with Gasteiger partial charge in [0.15, 0.2) is 5.78 Å². The van der Waals surface area contributed by atoms with Crippen molar-refractivity contribution in [3.8, 4) is 11.5 Å². The molecule has 0 saturated carbocycles. The van der Waals surface area contributed by atoms with Crippen LogP contribution < -0.4 is 14.9 Å². The van der Waals surface area contributed by atoms with Crippen molar-refractivity contribution in [3.05, 3.63) is 59.7 Å². The van der Waals surface area contributed by atoms with Crippen LogP contribution in [-0.4, -0.2) is 33.6 Å². The van der Waals surface area contributed by atoms with E-state index in [1.54, 1.807) is 46.4 Å². The Morgan fingerprint density at radius 2 is 1.43 bits per heavy atom. The molecule has 0 aliphatic heterocycles. The fraction of sp³-hybridized carbons (Fsp3) is 0.350. The van der Waals surface area contributed by atoms with Gasteiger partial charge in [0.2, 0.25) is 0 Å². The van der Waals surface area contributed by atoms with Gasteiger partial charge in [-0.2, -0.15) is 5.10 Å². The highest BCUT2D eigenvalue weighted by Crippen LogP contribution is 2.59. The number of hydrazone groups is 1. The van der Waals surface area contributed by atoms with Crippen molar-refractivity contribution in [2.75, 3.05) is 27.4 Å². The van der Waals surface area contributed by atoms with Gasteiger partial charge in [-0.3, -0.25) is 9.99 Å². The molecule has 28 heavy (non-hydrogen) atoms. The van der Waals surface area contributed by atoms with Crippen LogP contribution in [0.5, 0.6) is 11.5 Å². The molecule has 0 aliphatic carbocycles. The third kappa shape index (κ3) is 5.83. The van der Waals surface area contributed by atoms with Crippen LogP contribution in [0.2, 0.25) is 0 Å². The molecule has 0 radical (unpaired) electrons. The van der Waals surface area contributed by atoms with E-state index in [0.717, 1.165) is 16.9 Å². The minimum Gasteiger partial charge on any atom is -0.497 e. The van der Waals surface area contributed by atoms with E-state index < -0.39 is 13.4 Å². The zero-order valence-corrected chi connectivity index (χ0v) is 17.5. The maximum Gasteiger partial charge on any atom is 0.358 e. The van der Waals surface area contributed by atoms with Crippen LogP contribution in [0.15, 0.2) is 53.6 Å². The molecular formula is C20H27N2O5P. The summed E-state index contributed by atoms with van der Waals surface area (Å²) in [7, 11) is -0.288. The molecule has 1 unspecified atom stereocenters. The normalized spacial score (nSPS) is 12.7. The van der Waals surface area contributed by atoms with E-state index in [1.807, 2.05) is 36.4 Å². The molecule has 0 heterocycles. The van der Waals surface area contributed by atoms with E-state index in [4.69, 9.17) is 18.5 Å². The summed E-state index contributed by atoms with van der Waals surface area (Å²) in [6.07, 6.45) is 1.64. The monoisotopic (exact) mass is 406 g/mol. The van der Waals surface area contributed by atoms with Gasteiger partial charge in [-0.1, -0.05) is 12.1 Å². The van der Waals surface area contributed by atoms with Crippen molar-refractivity contribution < 1.29 is 23.1 Å². The molecule has 8 heteroatoms. The number of ether oxygens (including phenoxy) is 2. The van der Waals surface area contributed by atoms with E-state index >= 15 is 0 Å². The SMILES string of the molecule is CCOP(=O)(OCC)C(N/N=C/c1ccc(OC)cc1)c1ccc(OC)cc1. The summed E-state index contributed by atoms with van der Waals surface area (Å²) in [5.74, 6) is 0.707. The van der Waals surface area contributed by atoms with Gasteiger partial charge < -0.3 is 18.5 Å². The molecule has 1 N–H and O–H groups in total. The second-order valence-electron chi connectivity index (χ2n) is 5.71. The number of benzene rings is 2. The number of hydrogen-bond acceptors (Lipinski definition) is 7. The molecule has 2 aromatic carbocycles. The summed E-state index contributed by atoms with van der Waals surface area (Å²) >= 11 is 0. The van der Waals surface area contributed by atoms with Crippen LogP contribution in [-0.2, 0) is 13.6 Å². The van der Waals surface area contributed by atoms with Crippen LogP contribution in [0.25, 0.3) is 0 Å². The third-order valence-electron chi connectivity index (χ3n) is 3.89. The van der Waals surface area contributed by atoms with Gasteiger partial charge in [-0.15, -0.1) is 0 Å². The zero-order chi connectivity index (χ0) is 20.4. The van der Waals surface area contributed by atoms with Crippen LogP contribution in [0, 0.1) is 0 Å². The molecular weight excluding hydrogens is 379 g/mol. The lowest BCUT2D eigenvalue weighted by atomic mass is 10.2. The lowest BCUT2D eigenvalue weighted by molar-refractivity contribution is 0.208. The summed E-state index contributed by atoms with van der Waals surface area (Å²) in [5, 5.41) is 4.27. The van der Waals surface area contributed by atoms with Gasteiger partial charge in [0.25, 0.3) is 0 Å². The maximum absolute atomic E-state index is 13.4. The molecule has 0 saturated heterocycles. The van der Waals surface area contributed by atoms with Crippen molar-refractivity contribution in [1.29, 1.82) is 0 Å². The largest absolute Gasteiger partial charge is 0.497 e. The first-order chi connectivity index (χ1) is 13.6. The summed E-state index contributed by atoms with van der Waals surface area (Å²) in [6.45, 7) is 4.07. The third-order valence-corrected chi connectivity index (χ3v) is 6.17. The fourth-order valence-corrected chi connectivity index (χ4v) is 4.37. The van der Waals surface area contributed by atoms with Gasteiger partial charge in [0.05, 0.1) is 33.6 Å². The van der Waals surface area contributed by atoms with Crippen molar-refractivity contribution in [3.63, 3.8) is 0 Å². The molecule has 7 nitrogen and oxygen atoms in total. The molecule has 0 aromatic heterocycles. The molecule has 0 spiro atoms. The fourth-order valence-electron chi connectivity index (χ4n) is 2.53. The number of hydrogen-bond donors (Lipinski definition) is 1. The second kappa shape index (κ2) is 10.9. The molecule has 0 amide bonds. The Morgan fingerprint density at radius 1 is 0.929 bits per heavy atom.